The molecule has 3 rings (SSSR count). The summed E-state index contributed by atoms with van der Waals surface area (Å²) in [6.07, 6.45) is 0.325. The van der Waals surface area contributed by atoms with Crippen LogP contribution in [0.5, 0.6) is 5.88 Å². The van der Waals surface area contributed by atoms with Crippen LogP contribution in [0.15, 0.2) is 48.5 Å². The topological polar surface area (TPSA) is 34.6 Å². The zero-order chi connectivity index (χ0) is 13.8. The Bertz CT molecular complexity index is 553. The lowest BCUT2D eigenvalue weighted by Gasteiger charge is -2.39. The van der Waals surface area contributed by atoms with Crippen LogP contribution in [-0.2, 0) is 11.3 Å². The van der Waals surface area contributed by atoms with Gasteiger partial charge in [0.1, 0.15) is 12.4 Å². The minimum absolute atomic E-state index is 0.325. The predicted molar refractivity (Wildman–Crippen MR) is 78.0 cm³/mol. The maximum atomic E-state index is 5.74. The molecule has 2 heterocycles. The SMILES string of the molecule is COC1CN(c2cccc(OCc3ccccc3)n2)C1. The van der Waals surface area contributed by atoms with Gasteiger partial charge in [-0.3, -0.25) is 0 Å². The molecule has 1 aliphatic heterocycles. The second kappa shape index (κ2) is 5.92. The van der Waals surface area contributed by atoms with E-state index < -0.39 is 0 Å². The van der Waals surface area contributed by atoms with Crippen LogP contribution in [0.25, 0.3) is 0 Å². The highest BCUT2D eigenvalue weighted by Gasteiger charge is 2.27. The molecule has 104 valence electrons. The van der Waals surface area contributed by atoms with E-state index in [-0.39, 0.29) is 0 Å². The molecule has 0 radical (unpaired) electrons. The van der Waals surface area contributed by atoms with Crippen LogP contribution >= 0.6 is 0 Å². The van der Waals surface area contributed by atoms with Crippen molar-refractivity contribution in [1.82, 2.24) is 4.98 Å². The molecule has 0 amide bonds. The smallest absolute Gasteiger partial charge is 0.215 e. The van der Waals surface area contributed by atoms with Gasteiger partial charge in [0.2, 0.25) is 5.88 Å². The largest absolute Gasteiger partial charge is 0.473 e. The first-order valence-corrected chi connectivity index (χ1v) is 6.76. The number of methoxy groups -OCH3 is 1. The number of ether oxygens (including phenoxy) is 2. The maximum Gasteiger partial charge on any atom is 0.215 e. The van der Waals surface area contributed by atoms with Gasteiger partial charge in [-0.2, -0.15) is 4.98 Å². The number of hydrogen-bond acceptors (Lipinski definition) is 4. The average Bonchev–Trinajstić information content (AvgIpc) is 2.46. The highest BCUT2D eigenvalue weighted by Crippen LogP contribution is 2.22. The molecule has 1 saturated heterocycles. The molecule has 1 aromatic heterocycles. The Balaban J connectivity index is 1.60. The molecule has 1 fully saturated rings. The Morgan fingerprint density at radius 2 is 1.90 bits per heavy atom. The quantitative estimate of drug-likeness (QED) is 0.836. The Kier molecular flexibility index (Phi) is 3.83. The molecular formula is C16H18N2O2. The highest BCUT2D eigenvalue weighted by atomic mass is 16.5. The van der Waals surface area contributed by atoms with E-state index in [1.54, 1.807) is 7.11 Å². The number of anilines is 1. The summed E-state index contributed by atoms with van der Waals surface area (Å²) in [5.41, 5.74) is 1.14. The second-order valence-electron chi connectivity index (χ2n) is 4.87. The van der Waals surface area contributed by atoms with Gasteiger partial charge < -0.3 is 14.4 Å². The molecule has 0 saturated carbocycles. The van der Waals surface area contributed by atoms with Crippen LogP contribution in [-0.4, -0.2) is 31.3 Å². The molecule has 0 N–H and O–H groups in total. The molecule has 4 heteroatoms. The van der Waals surface area contributed by atoms with E-state index in [0.29, 0.717) is 18.6 Å². The van der Waals surface area contributed by atoms with Gasteiger partial charge in [0.05, 0.1) is 6.10 Å². The van der Waals surface area contributed by atoms with Crippen LogP contribution in [0.4, 0.5) is 5.82 Å². The molecule has 20 heavy (non-hydrogen) atoms. The van der Waals surface area contributed by atoms with E-state index in [4.69, 9.17) is 9.47 Å². The van der Waals surface area contributed by atoms with Crippen molar-refractivity contribution in [2.24, 2.45) is 0 Å². The molecule has 0 aliphatic carbocycles. The van der Waals surface area contributed by atoms with Gasteiger partial charge in [-0.15, -0.1) is 0 Å². The minimum atomic E-state index is 0.325. The van der Waals surface area contributed by atoms with E-state index in [1.807, 2.05) is 48.5 Å². The number of pyridine rings is 1. The summed E-state index contributed by atoms with van der Waals surface area (Å²) in [6, 6.07) is 16.0. The molecule has 0 atom stereocenters. The lowest BCUT2D eigenvalue weighted by molar-refractivity contribution is 0.0782. The summed E-state index contributed by atoms with van der Waals surface area (Å²) in [7, 11) is 1.74. The van der Waals surface area contributed by atoms with Crippen LogP contribution < -0.4 is 9.64 Å². The van der Waals surface area contributed by atoms with Crippen molar-refractivity contribution in [3.8, 4) is 5.88 Å². The lowest BCUT2D eigenvalue weighted by Crippen LogP contribution is -2.52. The number of benzene rings is 1. The lowest BCUT2D eigenvalue weighted by atomic mass is 10.1. The predicted octanol–water partition coefficient (Wildman–Crippen LogP) is 2.50. The summed E-state index contributed by atoms with van der Waals surface area (Å²) in [6.45, 7) is 2.33. The van der Waals surface area contributed by atoms with E-state index in [9.17, 15) is 0 Å². The van der Waals surface area contributed by atoms with E-state index in [0.717, 1.165) is 24.5 Å². The third-order valence-corrected chi connectivity index (χ3v) is 3.44. The fraction of sp³-hybridized carbons (Fsp3) is 0.312. The molecule has 1 aromatic carbocycles. The Morgan fingerprint density at radius 1 is 1.10 bits per heavy atom. The van der Waals surface area contributed by atoms with Crippen LogP contribution in [0, 0.1) is 0 Å². The molecule has 0 bridgehead atoms. The summed E-state index contributed by atoms with van der Waals surface area (Å²) >= 11 is 0. The molecule has 4 nitrogen and oxygen atoms in total. The second-order valence-corrected chi connectivity index (χ2v) is 4.87. The fourth-order valence-electron chi connectivity index (χ4n) is 2.17. The Morgan fingerprint density at radius 3 is 2.65 bits per heavy atom. The van der Waals surface area contributed by atoms with Crippen molar-refractivity contribution < 1.29 is 9.47 Å². The fourth-order valence-corrected chi connectivity index (χ4v) is 2.17. The van der Waals surface area contributed by atoms with Crippen LogP contribution in [0.3, 0.4) is 0 Å². The third-order valence-electron chi connectivity index (χ3n) is 3.44. The Hall–Kier alpha value is -2.07. The average molecular weight is 270 g/mol. The van der Waals surface area contributed by atoms with Gasteiger partial charge in [0.15, 0.2) is 0 Å². The van der Waals surface area contributed by atoms with Gasteiger partial charge in [-0.05, 0) is 11.6 Å². The number of rotatable bonds is 5. The molecular weight excluding hydrogens is 252 g/mol. The van der Waals surface area contributed by atoms with Crippen molar-refractivity contribution in [1.29, 1.82) is 0 Å². The molecule has 0 unspecified atom stereocenters. The summed E-state index contributed by atoms with van der Waals surface area (Å²) in [5, 5.41) is 0. The molecule has 2 aromatic rings. The summed E-state index contributed by atoms with van der Waals surface area (Å²) in [5.74, 6) is 1.61. The molecule has 1 aliphatic rings. The standard InChI is InChI=1S/C16H18N2O2/c1-19-14-10-18(11-14)15-8-5-9-16(17-15)20-12-13-6-3-2-4-7-13/h2-9,14H,10-12H2,1H3. The monoisotopic (exact) mass is 270 g/mol. The van der Waals surface area contributed by atoms with Crippen LogP contribution in [0.1, 0.15) is 5.56 Å². The van der Waals surface area contributed by atoms with Crippen molar-refractivity contribution in [2.45, 2.75) is 12.7 Å². The van der Waals surface area contributed by atoms with Crippen molar-refractivity contribution in [3.63, 3.8) is 0 Å². The van der Waals surface area contributed by atoms with E-state index >= 15 is 0 Å². The Labute approximate surface area is 119 Å². The summed E-state index contributed by atoms with van der Waals surface area (Å²) < 4.78 is 11.0. The highest BCUT2D eigenvalue weighted by molar-refractivity contribution is 5.43. The molecule has 0 spiro atoms. The van der Waals surface area contributed by atoms with Crippen LogP contribution in [0.2, 0.25) is 0 Å². The van der Waals surface area contributed by atoms with Gasteiger partial charge in [-0.1, -0.05) is 36.4 Å². The first kappa shape index (κ1) is 12.9. The third kappa shape index (κ3) is 2.91. The zero-order valence-electron chi connectivity index (χ0n) is 11.5. The van der Waals surface area contributed by atoms with Gasteiger partial charge in [-0.25, -0.2) is 0 Å². The first-order valence-electron chi connectivity index (χ1n) is 6.76. The van der Waals surface area contributed by atoms with Gasteiger partial charge >= 0.3 is 0 Å². The zero-order valence-corrected chi connectivity index (χ0v) is 11.5. The minimum Gasteiger partial charge on any atom is -0.473 e. The van der Waals surface area contributed by atoms with E-state index in [1.165, 1.54) is 0 Å². The number of hydrogen-bond donors (Lipinski definition) is 0. The van der Waals surface area contributed by atoms with Crippen molar-refractivity contribution in [2.75, 3.05) is 25.1 Å². The van der Waals surface area contributed by atoms with Crippen molar-refractivity contribution >= 4 is 5.82 Å². The first-order chi connectivity index (χ1) is 9.85. The maximum absolute atomic E-state index is 5.74. The number of aromatic nitrogens is 1. The normalized spacial score (nSPS) is 14.9. The van der Waals surface area contributed by atoms with Gasteiger partial charge in [0, 0.05) is 26.3 Å². The number of nitrogens with zero attached hydrogens (tertiary/aromatic N) is 2. The van der Waals surface area contributed by atoms with Gasteiger partial charge in [0.25, 0.3) is 0 Å². The summed E-state index contributed by atoms with van der Waals surface area (Å²) in [4.78, 5) is 6.71. The van der Waals surface area contributed by atoms with Crippen molar-refractivity contribution in [3.05, 3.63) is 54.1 Å². The van der Waals surface area contributed by atoms with E-state index in [2.05, 4.69) is 9.88 Å².